The maximum Gasteiger partial charge on any atom is 0.158 e. The van der Waals surface area contributed by atoms with Crippen LogP contribution in [-0.2, 0) is 25.8 Å². The number of rotatable bonds is 5. The lowest BCUT2D eigenvalue weighted by Gasteiger charge is -2.28. The minimum atomic E-state index is 0.783. The molecule has 1 aromatic carbocycles. The lowest BCUT2D eigenvalue weighted by atomic mass is 10.0. The summed E-state index contributed by atoms with van der Waals surface area (Å²) < 4.78 is 1.79. The molecule has 0 aliphatic carbocycles. The average molecular weight is 385 g/mol. The smallest absolute Gasteiger partial charge is 0.158 e. The van der Waals surface area contributed by atoms with Crippen LogP contribution in [0.25, 0.3) is 5.82 Å². The average Bonchev–Trinajstić information content (AvgIpc) is 3.39. The molecule has 7 heteroatoms. The number of nitrogens with zero attached hydrogens (tertiary/aromatic N) is 6. The Kier molecular flexibility index (Phi) is 4.56. The summed E-state index contributed by atoms with van der Waals surface area (Å²) in [6.07, 6.45) is 8.29. The summed E-state index contributed by atoms with van der Waals surface area (Å²) in [4.78, 5) is 11.2. The lowest BCUT2D eigenvalue weighted by Crippen LogP contribution is -2.31. The van der Waals surface area contributed by atoms with Crippen LogP contribution in [0.15, 0.2) is 55.1 Å². The van der Waals surface area contributed by atoms with Crippen LogP contribution in [0.1, 0.15) is 28.1 Å². The number of aryl methyl sites for hydroxylation is 3. The van der Waals surface area contributed by atoms with E-state index >= 15 is 0 Å². The van der Waals surface area contributed by atoms with E-state index in [1.807, 2.05) is 25.4 Å². The number of H-pyrrole nitrogens is 1. The minimum Gasteiger partial charge on any atom is -0.352 e. The lowest BCUT2D eigenvalue weighted by molar-refractivity contribution is 0.702. The topological polar surface area (TPSA) is 75.5 Å². The van der Waals surface area contributed by atoms with E-state index in [9.17, 15) is 0 Å². The number of nitrogens with one attached hydrogen (secondary N) is 1. The third kappa shape index (κ3) is 3.63. The Hall–Kier alpha value is -3.48. The first kappa shape index (κ1) is 17.6. The Morgan fingerprint density at radius 2 is 1.93 bits per heavy atom. The van der Waals surface area contributed by atoms with Gasteiger partial charge in [-0.05, 0) is 30.9 Å². The Morgan fingerprint density at radius 3 is 2.76 bits per heavy atom. The number of aromatic amines is 1. The van der Waals surface area contributed by atoms with Crippen LogP contribution in [0, 0.1) is 6.92 Å². The van der Waals surface area contributed by atoms with Gasteiger partial charge in [0.15, 0.2) is 5.82 Å². The molecule has 29 heavy (non-hydrogen) atoms. The predicted molar refractivity (Wildman–Crippen MR) is 111 cm³/mol. The molecule has 0 amide bonds. The van der Waals surface area contributed by atoms with Gasteiger partial charge in [0.05, 0.1) is 11.9 Å². The molecule has 146 valence electrons. The summed E-state index contributed by atoms with van der Waals surface area (Å²) in [7, 11) is 0. The highest BCUT2D eigenvalue weighted by molar-refractivity contribution is 5.47. The van der Waals surface area contributed by atoms with E-state index in [2.05, 4.69) is 60.5 Å². The van der Waals surface area contributed by atoms with Gasteiger partial charge in [0.1, 0.15) is 12.1 Å². The van der Waals surface area contributed by atoms with E-state index in [-0.39, 0.29) is 0 Å². The van der Waals surface area contributed by atoms with Crippen molar-refractivity contribution in [2.45, 2.75) is 32.7 Å². The maximum absolute atomic E-state index is 4.61. The highest BCUT2D eigenvalue weighted by Gasteiger charge is 2.23. The zero-order chi connectivity index (χ0) is 19.6. The Labute approximate surface area is 169 Å². The Morgan fingerprint density at radius 1 is 1.07 bits per heavy atom. The summed E-state index contributed by atoms with van der Waals surface area (Å²) in [6.45, 7) is 3.74. The van der Waals surface area contributed by atoms with Gasteiger partial charge in [-0.25, -0.2) is 14.6 Å². The molecule has 4 heterocycles. The molecule has 0 spiro atoms. The van der Waals surface area contributed by atoms with E-state index in [0.717, 1.165) is 55.2 Å². The van der Waals surface area contributed by atoms with Crippen LogP contribution in [0.2, 0.25) is 0 Å². The van der Waals surface area contributed by atoms with Gasteiger partial charge in [-0.1, -0.05) is 30.3 Å². The van der Waals surface area contributed by atoms with Crippen LogP contribution in [-0.4, -0.2) is 36.5 Å². The molecule has 0 bridgehead atoms. The first-order chi connectivity index (χ1) is 14.3. The third-order valence-corrected chi connectivity index (χ3v) is 5.42. The summed E-state index contributed by atoms with van der Waals surface area (Å²) in [6, 6.07) is 12.6. The van der Waals surface area contributed by atoms with Gasteiger partial charge < -0.3 is 4.90 Å². The molecule has 0 fully saturated rings. The molecular formula is C22H23N7. The molecule has 0 unspecified atom stereocenters. The third-order valence-electron chi connectivity index (χ3n) is 5.42. The largest absolute Gasteiger partial charge is 0.352 e. The van der Waals surface area contributed by atoms with Gasteiger partial charge in [0.2, 0.25) is 0 Å². The number of fused-ring (bicyclic) bond motifs is 1. The minimum absolute atomic E-state index is 0.783. The highest BCUT2D eigenvalue weighted by Crippen LogP contribution is 2.25. The van der Waals surface area contributed by atoms with E-state index < -0.39 is 0 Å². The van der Waals surface area contributed by atoms with E-state index in [0.29, 0.717) is 0 Å². The second-order valence-electron chi connectivity index (χ2n) is 7.48. The number of anilines is 1. The maximum atomic E-state index is 4.61. The van der Waals surface area contributed by atoms with E-state index in [4.69, 9.17) is 0 Å². The SMILES string of the molecule is Cc1cnn(-c2cc(N3CCc4[nH]nc(CCc5ccccc5)c4C3)ncn2)c1. The van der Waals surface area contributed by atoms with Crippen molar-refractivity contribution < 1.29 is 0 Å². The van der Waals surface area contributed by atoms with Crippen LogP contribution >= 0.6 is 0 Å². The second-order valence-corrected chi connectivity index (χ2v) is 7.48. The van der Waals surface area contributed by atoms with Crippen molar-refractivity contribution in [2.75, 3.05) is 11.4 Å². The fourth-order valence-electron chi connectivity index (χ4n) is 3.84. The Balaban J connectivity index is 1.35. The number of hydrogen-bond donors (Lipinski definition) is 1. The van der Waals surface area contributed by atoms with Crippen molar-refractivity contribution >= 4 is 5.82 Å². The standard InChI is InChI=1S/C22H23N7/c1-16-12-25-29(13-16)22-11-21(23-15-24-22)28-10-9-20-18(14-28)19(26-27-20)8-7-17-5-3-2-4-6-17/h2-6,11-13,15H,7-10,14H2,1H3,(H,26,27). The first-order valence-corrected chi connectivity index (χ1v) is 9.94. The normalized spacial score (nSPS) is 13.5. The van der Waals surface area contributed by atoms with Gasteiger partial charge in [0.25, 0.3) is 0 Å². The summed E-state index contributed by atoms with van der Waals surface area (Å²) in [5, 5.41) is 12.2. The van der Waals surface area contributed by atoms with Crippen LogP contribution in [0.4, 0.5) is 5.82 Å². The van der Waals surface area contributed by atoms with Crippen molar-refractivity contribution in [3.8, 4) is 5.82 Å². The molecule has 3 aromatic heterocycles. The molecule has 1 N–H and O–H groups in total. The highest BCUT2D eigenvalue weighted by atomic mass is 15.3. The molecule has 7 nitrogen and oxygen atoms in total. The van der Waals surface area contributed by atoms with Crippen LogP contribution in [0.5, 0.6) is 0 Å². The van der Waals surface area contributed by atoms with Crippen molar-refractivity contribution in [3.05, 3.63) is 83.2 Å². The van der Waals surface area contributed by atoms with Crippen LogP contribution < -0.4 is 4.90 Å². The molecule has 0 atom stereocenters. The predicted octanol–water partition coefficient (Wildman–Crippen LogP) is 3.04. The van der Waals surface area contributed by atoms with Gasteiger partial charge in [0, 0.05) is 43.0 Å². The van der Waals surface area contributed by atoms with Crippen LogP contribution in [0.3, 0.4) is 0 Å². The molecule has 1 aliphatic rings. The summed E-state index contributed by atoms with van der Waals surface area (Å²) >= 11 is 0. The van der Waals surface area contributed by atoms with E-state index in [1.165, 1.54) is 16.8 Å². The van der Waals surface area contributed by atoms with Gasteiger partial charge >= 0.3 is 0 Å². The molecular weight excluding hydrogens is 362 g/mol. The number of hydrogen-bond acceptors (Lipinski definition) is 5. The van der Waals surface area contributed by atoms with Gasteiger partial charge in [-0.2, -0.15) is 10.2 Å². The van der Waals surface area contributed by atoms with Crippen molar-refractivity contribution in [2.24, 2.45) is 0 Å². The van der Waals surface area contributed by atoms with Gasteiger partial charge in [-0.3, -0.25) is 5.10 Å². The zero-order valence-electron chi connectivity index (χ0n) is 16.4. The molecule has 0 saturated heterocycles. The first-order valence-electron chi connectivity index (χ1n) is 9.94. The zero-order valence-corrected chi connectivity index (χ0v) is 16.4. The van der Waals surface area contributed by atoms with Crippen molar-refractivity contribution in [3.63, 3.8) is 0 Å². The fourth-order valence-corrected chi connectivity index (χ4v) is 3.84. The summed E-state index contributed by atoms with van der Waals surface area (Å²) in [5.41, 5.74) is 6.16. The molecule has 4 aromatic rings. The number of aromatic nitrogens is 6. The second kappa shape index (κ2) is 7.50. The van der Waals surface area contributed by atoms with Crippen molar-refractivity contribution in [1.82, 2.24) is 29.9 Å². The van der Waals surface area contributed by atoms with Crippen molar-refractivity contribution in [1.29, 1.82) is 0 Å². The summed E-state index contributed by atoms with van der Waals surface area (Å²) in [5.74, 6) is 1.70. The quantitative estimate of drug-likeness (QED) is 0.571. The fraction of sp³-hybridized carbons (Fsp3) is 0.273. The van der Waals surface area contributed by atoms with Gasteiger partial charge in [-0.15, -0.1) is 0 Å². The number of benzene rings is 1. The molecule has 1 aliphatic heterocycles. The Bertz CT molecular complexity index is 1110. The molecule has 0 radical (unpaired) electrons. The van der Waals surface area contributed by atoms with E-state index in [1.54, 1.807) is 11.0 Å². The monoisotopic (exact) mass is 385 g/mol. The molecule has 5 rings (SSSR count). The molecule has 0 saturated carbocycles.